The largest absolute Gasteiger partial charge is 0.493 e. The first-order valence-corrected chi connectivity index (χ1v) is 9.47. The van der Waals surface area contributed by atoms with Gasteiger partial charge in [0, 0.05) is 25.8 Å². The summed E-state index contributed by atoms with van der Waals surface area (Å²) in [5.41, 5.74) is 4.17. The monoisotopic (exact) mass is 409 g/mol. The molecule has 1 aliphatic rings. The highest BCUT2D eigenvalue weighted by Crippen LogP contribution is 2.28. The summed E-state index contributed by atoms with van der Waals surface area (Å²) >= 11 is 0. The first-order valence-electron chi connectivity index (χ1n) is 9.47. The van der Waals surface area contributed by atoms with Gasteiger partial charge in [0.05, 0.1) is 13.3 Å². The van der Waals surface area contributed by atoms with E-state index in [-0.39, 0.29) is 24.3 Å². The Morgan fingerprint density at radius 1 is 1.20 bits per heavy atom. The lowest BCUT2D eigenvalue weighted by Crippen LogP contribution is -2.36. The van der Waals surface area contributed by atoms with Gasteiger partial charge in [-0.3, -0.25) is 14.4 Å². The van der Waals surface area contributed by atoms with Crippen LogP contribution in [0.1, 0.15) is 30.4 Å². The van der Waals surface area contributed by atoms with Crippen molar-refractivity contribution in [2.75, 3.05) is 20.2 Å². The van der Waals surface area contributed by atoms with E-state index in [1.54, 1.807) is 23.1 Å². The van der Waals surface area contributed by atoms with Crippen LogP contribution in [0.4, 0.5) is 0 Å². The number of ether oxygens (including phenoxy) is 2. The van der Waals surface area contributed by atoms with E-state index in [9.17, 15) is 14.4 Å². The number of hydrogen-bond donors (Lipinski definition) is 1. The lowest BCUT2D eigenvalue weighted by molar-refractivity contribution is -0.133. The predicted octanol–water partition coefficient (Wildman–Crippen LogP) is 2.09. The SMILES string of the molecule is COc1cc(C=NNC(=O)CN2CC(c3ccccc3)CC2=O)ccc1OC(C)=O. The average molecular weight is 409 g/mol. The Morgan fingerprint density at radius 2 is 1.97 bits per heavy atom. The normalized spacial score (nSPS) is 16.0. The number of nitrogens with one attached hydrogen (secondary N) is 1. The molecule has 2 aromatic rings. The van der Waals surface area contributed by atoms with Gasteiger partial charge in [-0.05, 0) is 29.3 Å². The predicted molar refractivity (Wildman–Crippen MR) is 110 cm³/mol. The molecule has 8 heteroatoms. The average Bonchev–Trinajstić information content (AvgIpc) is 3.09. The Balaban J connectivity index is 1.54. The third-order valence-corrected chi connectivity index (χ3v) is 4.66. The summed E-state index contributed by atoms with van der Waals surface area (Å²) in [4.78, 5) is 37.0. The van der Waals surface area contributed by atoms with Gasteiger partial charge in [-0.25, -0.2) is 5.43 Å². The second kappa shape index (κ2) is 9.69. The number of carbonyl (C=O) groups is 3. The lowest BCUT2D eigenvalue weighted by Gasteiger charge is -2.15. The number of methoxy groups -OCH3 is 1. The molecule has 2 amide bonds. The fourth-order valence-corrected chi connectivity index (χ4v) is 3.26. The zero-order valence-corrected chi connectivity index (χ0v) is 16.8. The molecule has 0 aliphatic carbocycles. The summed E-state index contributed by atoms with van der Waals surface area (Å²) in [5, 5.41) is 3.93. The number of hydrazone groups is 1. The van der Waals surface area contributed by atoms with Gasteiger partial charge in [-0.1, -0.05) is 30.3 Å². The van der Waals surface area contributed by atoms with Gasteiger partial charge < -0.3 is 14.4 Å². The van der Waals surface area contributed by atoms with Crippen molar-refractivity contribution in [3.05, 3.63) is 59.7 Å². The molecule has 1 aliphatic heterocycles. The number of hydrogen-bond acceptors (Lipinski definition) is 6. The van der Waals surface area contributed by atoms with Crippen molar-refractivity contribution < 1.29 is 23.9 Å². The highest BCUT2D eigenvalue weighted by molar-refractivity contribution is 5.88. The number of nitrogens with zero attached hydrogens (tertiary/aromatic N) is 2. The van der Waals surface area contributed by atoms with Crippen molar-refractivity contribution in [2.45, 2.75) is 19.3 Å². The molecule has 1 heterocycles. The topological polar surface area (TPSA) is 97.3 Å². The standard InChI is InChI=1S/C22H23N3O5/c1-15(26)30-19-9-8-16(10-20(19)29-2)12-23-24-21(27)14-25-13-18(11-22(25)28)17-6-4-3-5-7-17/h3-10,12,18H,11,13-14H2,1-2H3,(H,24,27). The van der Waals surface area contributed by atoms with Crippen LogP contribution in [0.2, 0.25) is 0 Å². The molecule has 1 saturated heterocycles. The first kappa shape index (κ1) is 21.0. The molecular weight excluding hydrogens is 386 g/mol. The van der Waals surface area contributed by atoms with Crippen LogP contribution < -0.4 is 14.9 Å². The van der Waals surface area contributed by atoms with E-state index in [0.29, 0.717) is 30.0 Å². The smallest absolute Gasteiger partial charge is 0.308 e. The quantitative estimate of drug-likeness (QED) is 0.327. The van der Waals surface area contributed by atoms with Crippen LogP contribution in [0.3, 0.4) is 0 Å². The minimum Gasteiger partial charge on any atom is -0.493 e. The van der Waals surface area contributed by atoms with Gasteiger partial charge >= 0.3 is 5.97 Å². The summed E-state index contributed by atoms with van der Waals surface area (Å²) in [7, 11) is 1.46. The maximum Gasteiger partial charge on any atom is 0.308 e. The van der Waals surface area contributed by atoms with E-state index in [0.717, 1.165) is 5.56 Å². The Bertz CT molecular complexity index is 959. The zero-order chi connectivity index (χ0) is 21.5. The van der Waals surface area contributed by atoms with Gasteiger partial charge in [0.2, 0.25) is 5.91 Å². The number of amides is 2. The summed E-state index contributed by atoms with van der Waals surface area (Å²) in [6.45, 7) is 1.76. The van der Waals surface area contributed by atoms with Crippen molar-refractivity contribution in [3.63, 3.8) is 0 Å². The Hall–Kier alpha value is -3.68. The van der Waals surface area contributed by atoms with Crippen LogP contribution in [-0.4, -0.2) is 49.1 Å². The summed E-state index contributed by atoms with van der Waals surface area (Å²) in [6, 6.07) is 14.7. The van der Waals surface area contributed by atoms with Crippen LogP contribution in [0.25, 0.3) is 0 Å². The van der Waals surface area contributed by atoms with Crippen molar-refractivity contribution in [2.24, 2.45) is 5.10 Å². The molecule has 3 rings (SSSR count). The van der Waals surface area contributed by atoms with Crippen LogP contribution in [0, 0.1) is 0 Å². The minimum absolute atomic E-state index is 0.0474. The molecule has 0 bridgehead atoms. The van der Waals surface area contributed by atoms with E-state index in [1.807, 2.05) is 30.3 Å². The molecule has 1 fully saturated rings. The van der Waals surface area contributed by atoms with Gasteiger partial charge in [0.25, 0.3) is 5.91 Å². The van der Waals surface area contributed by atoms with Crippen LogP contribution in [0.5, 0.6) is 11.5 Å². The third kappa shape index (κ3) is 5.44. The Labute approximate surface area is 174 Å². The molecule has 30 heavy (non-hydrogen) atoms. The summed E-state index contributed by atoms with van der Waals surface area (Å²) in [6.07, 6.45) is 1.84. The van der Waals surface area contributed by atoms with Crippen molar-refractivity contribution >= 4 is 24.0 Å². The summed E-state index contributed by atoms with van der Waals surface area (Å²) < 4.78 is 10.2. The Morgan fingerprint density at radius 3 is 2.67 bits per heavy atom. The molecule has 1 unspecified atom stereocenters. The number of benzene rings is 2. The van der Waals surface area contributed by atoms with E-state index >= 15 is 0 Å². The number of rotatable bonds is 7. The molecule has 2 aromatic carbocycles. The van der Waals surface area contributed by atoms with Crippen molar-refractivity contribution in [1.82, 2.24) is 10.3 Å². The third-order valence-electron chi connectivity index (χ3n) is 4.66. The fourth-order valence-electron chi connectivity index (χ4n) is 3.26. The highest BCUT2D eigenvalue weighted by atomic mass is 16.6. The molecule has 0 saturated carbocycles. The van der Waals surface area contributed by atoms with Crippen molar-refractivity contribution in [1.29, 1.82) is 0 Å². The van der Waals surface area contributed by atoms with E-state index in [4.69, 9.17) is 9.47 Å². The molecule has 0 aromatic heterocycles. The fraction of sp³-hybridized carbons (Fsp3) is 0.273. The first-order chi connectivity index (χ1) is 14.5. The number of carbonyl (C=O) groups excluding carboxylic acids is 3. The molecule has 1 N–H and O–H groups in total. The van der Waals surface area contributed by atoms with Crippen LogP contribution in [0.15, 0.2) is 53.6 Å². The Kier molecular flexibility index (Phi) is 6.79. The number of esters is 1. The molecule has 156 valence electrons. The maximum atomic E-state index is 12.2. The lowest BCUT2D eigenvalue weighted by atomic mass is 9.99. The van der Waals surface area contributed by atoms with Crippen molar-refractivity contribution in [3.8, 4) is 11.5 Å². The second-order valence-corrected chi connectivity index (χ2v) is 6.88. The molecule has 8 nitrogen and oxygen atoms in total. The van der Waals surface area contributed by atoms with Gasteiger partial charge in [-0.15, -0.1) is 0 Å². The minimum atomic E-state index is -0.451. The van der Waals surface area contributed by atoms with Gasteiger partial charge in [-0.2, -0.15) is 5.10 Å². The molecule has 1 atom stereocenters. The zero-order valence-electron chi connectivity index (χ0n) is 16.8. The molecule has 0 radical (unpaired) electrons. The number of likely N-dealkylation sites (tertiary alicyclic amines) is 1. The maximum absolute atomic E-state index is 12.2. The van der Waals surface area contributed by atoms with E-state index in [1.165, 1.54) is 20.2 Å². The summed E-state index contributed by atoms with van der Waals surface area (Å²) in [5.74, 6) is -0.112. The van der Waals surface area contributed by atoms with Gasteiger partial charge in [0.1, 0.15) is 6.54 Å². The van der Waals surface area contributed by atoms with Crippen LogP contribution in [-0.2, 0) is 14.4 Å². The molecular formula is C22H23N3O5. The van der Waals surface area contributed by atoms with E-state index < -0.39 is 5.97 Å². The van der Waals surface area contributed by atoms with Gasteiger partial charge in [0.15, 0.2) is 11.5 Å². The highest BCUT2D eigenvalue weighted by Gasteiger charge is 2.31. The second-order valence-electron chi connectivity index (χ2n) is 6.88. The molecule has 0 spiro atoms. The van der Waals surface area contributed by atoms with Crippen LogP contribution >= 0.6 is 0 Å². The van der Waals surface area contributed by atoms with E-state index in [2.05, 4.69) is 10.5 Å².